The van der Waals surface area contributed by atoms with Crippen LogP contribution in [0.3, 0.4) is 0 Å². The van der Waals surface area contributed by atoms with Crippen LogP contribution >= 0.6 is 0 Å². The Balaban J connectivity index is 1.88. The molecule has 4 heteroatoms. The number of nitrogens with zero attached hydrogens (tertiary/aromatic N) is 1. The Kier molecular flexibility index (Phi) is 3.01. The number of hydrogen-bond acceptors (Lipinski definition) is 3. The van der Waals surface area contributed by atoms with Crippen LogP contribution in [-0.4, -0.2) is 17.4 Å². The minimum absolute atomic E-state index is 0.411. The lowest BCUT2D eigenvalue weighted by Crippen LogP contribution is -2.60. The Hall–Kier alpha value is -2.75. The van der Waals surface area contributed by atoms with Crippen molar-refractivity contribution in [2.75, 3.05) is 4.90 Å². The highest BCUT2D eigenvalue weighted by Gasteiger charge is 2.63. The van der Waals surface area contributed by atoms with Crippen LogP contribution in [0.4, 0.5) is 10.5 Å². The molecule has 2 heterocycles. The number of carbonyl (C=O) groups is 1. The standard InChI is InChI=1S/C20H19NO3/c1-14-9-10-17-15(13-14)11-12-20(23-17)19(2,3)24-18(22)21(20)16-7-5-4-6-8-16/h4-13H,1-3H3/t20-/m0/s1. The van der Waals surface area contributed by atoms with Crippen LogP contribution < -0.4 is 9.64 Å². The first kappa shape index (κ1) is 14.8. The molecule has 2 aliphatic heterocycles. The molecule has 2 aromatic carbocycles. The molecule has 4 rings (SSSR count). The van der Waals surface area contributed by atoms with Gasteiger partial charge in [-0.2, -0.15) is 0 Å². The summed E-state index contributed by atoms with van der Waals surface area (Å²) >= 11 is 0. The van der Waals surface area contributed by atoms with Gasteiger partial charge in [-0.1, -0.05) is 29.8 Å². The van der Waals surface area contributed by atoms with Crippen LogP contribution in [0, 0.1) is 6.92 Å². The first-order chi connectivity index (χ1) is 11.4. The number of ether oxygens (including phenoxy) is 2. The number of aryl methyl sites for hydroxylation is 1. The van der Waals surface area contributed by atoms with Crippen LogP contribution in [0.2, 0.25) is 0 Å². The fraction of sp³-hybridized carbons (Fsp3) is 0.250. The molecular weight excluding hydrogens is 302 g/mol. The molecule has 0 radical (unpaired) electrons. The Labute approximate surface area is 141 Å². The molecule has 0 bridgehead atoms. The number of fused-ring (bicyclic) bond motifs is 1. The summed E-state index contributed by atoms with van der Waals surface area (Å²) in [5.74, 6) is 0.746. The van der Waals surface area contributed by atoms with E-state index in [1.807, 2.05) is 75.4 Å². The number of rotatable bonds is 1. The van der Waals surface area contributed by atoms with Gasteiger partial charge in [0.05, 0.1) is 5.69 Å². The number of anilines is 1. The lowest BCUT2D eigenvalue weighted by atomic mass is 9.89. The summed E-state index contributed by atoms with van der Waals surface area (Å²) in [4.78, 5) is 14.2. The zero-order valence-corrected chi connectivity index (χ0v) is 13.9. The van der Waals surface area contributed by atoms with Crippen molar-refractivity contribution in [1.29, 1.82) is 0 Å². The summed E-state index contributed by atoms with van der Waals surface area (Å²) in [6.45, 7) is 5.79. The van der Waals surface area contributed by atoms with Gasteiger partial charge in [0.15, 0.2) is 5.60 Å². The molecule has 1 fully saturated rings. The molecule has 24 heavy (non-hydrogen) atoms. The largest absolute Gasteiger partial charge is 0.459 e. The van der Waals surface area contributed by atoms with Crippen molar-refractivity contribution < 1.29 is 14.3 Å². The van der Waals surface area contributed by atoms with E-state index in [0.717, 1.165) is 22.6 Å². The Morgan fingerprint density at radius 2 is 1.75 bits per heavy atom. The highest BCUT2D eigenvalue weighted by atomic mass is 16.6. The van der Waals surface area contributed by atoms with Gasteiger partial charge in [0.25, 0.3) is 5.72 Å². The van der Waals surface area contributed by atoms with Crippen LogP contribution in [0.5, 0.6) is 5.75 Å². The maximum Gasteiger partial charge on any atom is 0.418 e. The van der Waals surface area contributed by atoms with Gasteiger partial charge < -0.3 is 9.47 Å². The SMILES string of the molecule is Cc1ccc2c(c1)C=C[C@@]1(O2)N(c2ccccc2)C(=O)OC1(C)C. The molecule has 0 saturated carbocycles. The number of carbonyl (C=O) groups excluding carboxylic acids is 1. The molecule has 4 nitrogen and oxygen atoms in total. The van der Waals surface area contributed by atoms with E-state index in [1.165, 1.54) is 0 Å². The monoisotopic (exact) mass is 321 g/mol. The van der Waals surface area contributed by atoms with E-state index in [0.29, 0.717) is 0 Å². The lowest BCUT2D eigenvalue weighted by molar-refractivity contribution is -0.0379. The second-order valence-electron chi connectivity index (χ2n) is 6.72. The Morgan fingerprint density at radius 3 is 2.50 bits per heavy atom. The Morgan fingerprint density at radius 1 is 1.00 bits per heavy atom. The highest BCUT2D eigenvalue weighted by Crippen LogP contribution is 2.47. The lowest BCUT2D eigenvalue weighted by Gasteiger charge is -2.42. The second kappa shape index (κ2) is 4.87. The van der Waals surface area contributed by atoms with Crippen molar-refractivity contribution >= 4 is 17.9 Å². The molecule has 0 unspecified atom stereocenters. The topological polar surface area (TPSA) is 38.8 Å². The van der Waals surface area contributed by atoms with Gasteiger partial charge in [0, 0.05) is 5.56 Å². The summed E-state index contributed by atoms with van der Waals surface area (Å²) in [6.07, 6.45) is 3.52. The van der Waals surface area contributed by atoms with Gasteiger partial charge in [-0.3, -0.25) is 0 Å². The quantitative estimate of drug-likeness (QED) is 0.774. The summed E-state index contributed by atoms with van der Waals surface area (Å²) in [5.41, 5.74) is 1.06. The first-order valence-corrected chi connectivity index (χ1v) is 8.00. The summed E-state index contributed by atoms with van der Waals surface area (Å²) in [5, 5.41) is 0. The number of amides is 1. The molecule has 1 spiro atoms. The van der Waals surface area contributed by atoms with E-state index in [1.54, 1.807) is 4.90 Å². The van der Waals surface area contributed by atoms with Crippen LogP contribution in [-0.2, 0) is 4.74 Å². The van der Waals surface area contributed by atoms with Gasteiger partial charge in [-0.05, 0) is 57.2 Å². The van der Waals surface area contributed by atoms with Gasteiger partial charge in [-0.15, -0.1) is 0 Å². The van der Waals surface area contributed by atoms with E-state index in [2.05, 4.69) is 6.07 Å². The van der Waals surface area contributed by atoms with E-state index < -0.39 is 17.4 Å². The molecule has 1 amide bonds. The van der Waals surface area contributed by atoms with Crippen molar-refractivity contribution in [3.05, 3.63) is 65.7 Å². The minimum Gasteiger partial charge on any atom is -0.459 e. The third kappa shape index (κ3) is 1.96. The molecule has 2 aliphatic rings. The van der Waals surface area contributed by atoms with Crippen molar-refractivity contribution in [3.8, 4) is 5.75 Å². The van der Waals surface area contributed by atoms with Crippen molar-refractivity contribution in [3.63, 3.8) is 0 Å². The van der Waals surface area contributed by atoms with Crippen molar-refractivity contribution in [2.45, 2.75) is 32.1 Å². The van der Waals surface area contributed by atoms with Gasteiger partial charge in [-0.25, -0.2) is 9.69 Å². The van der Waals surface area contributed by atoms with Crippen LogP contribution in [0.15, 0.2) is 54.6 Å². The van der Waals surface area contributed by atoms with Gasteiger partial charge in [0.2, 0.25) is 0 Å². The average molecular weight is 321 g/mol. The van der Waals surface area contributed by atoms with E-state index >= 15 is 0 Å². The number of hydrogen-bond donors (Lipinski definition) is 0. The van der Waals surface area contributed by atoms with E-state index in [-0.39, 0.29) is 0 Å². The number of para-hydroxylation sites is 1. The number of cyclic esters (lactones) is 1. The zero-order valence-electron chi connectivity index (χ0n) is 13.9. The Bertz CT molecular complexity index is 841. The molecule has 2 aromatic rings. The normalized spacial score (nSPS) is 23.8. The molecular formula is C20H19NO3. The highest BCUT2D eigenvalue weighted by molar-refractivity contribution is 5.93. The molecule has 0 aromatic heterocycles. The van der Waals surface area contributed by atoms with Gasteiger partial charge >= 0.3 is 6.09 Å². The third-order valence-electron chi connectivity index (χ3n) is 4.65. The summed E-state index contributed by atoms with van der Waals surface area (Å²) in [6, 6.07) is 15.5. The average Bonchev–Trinajstić information content (AvgIpc) is 2.74. The molecule has 1 atom stereocenters. The molecule has 0 N–H and O–H groups in total. The molecule has 0 aliphatic carbocycles. The fourth-order valence-electron chi connectivity index (χ4n) is 3.36. The third-order valence-corrected chi connectivity index (χ3v) is 4.65. The number of benzene rings is 2. The zero-order chi connectivity index (χ0) is 16.9. The smallest absolute Gasteiger partial charge is 0.418 e. The van der Waals surface area contributed by atoms with E-state index in [4.69, 9.17) is 9.47 Å². The predicted molar refractivity (Wildman–Crippen MR) is 93.1 cm³/mol. The van der Waals surface area contributed by atoms with Crippen molar-refractivity contribution in [1.82, 2.24) is 0 Å². The fourth-order valence-corrected chi connectivity index (χ4v) is 3.36. The van der Waals surface area contributed by atoms with E-state index in [9.17, 15) is 4.79 Å². The molecule has 1 saturated heterocycles. The second-order valence-corrected chi connectivity index (χ2v) is 6.72. The summed E-state index contributed by atoms with van der Waals surface area (Å²) in [7, 11) is 0. The van der Waals surface area contributed by atoms with Crippen molar-refractivity contribution in [2.24, 2.45) is 0 Å². The van der Waals surface area contributed by atoms with Crippen LogP contribution in [0.25, 0.3) is 6.08 Å². The maximum absolute atomic E-state index is 12.6. The summed E-state index contributed by atoms with van der Waals surface area (Å²) < 4.78 is 12.0. The first-order valence-electron chi connectivity index (χ1n) is 8.00. The minimum atomic E-state index is -1.02. The predicted octanol–water partition coefficient (Wildman–Crippen LogP) is 4.53. The van der Waals surface area contributed by atoms with Crippen LogP contribution in [0.1, 0.15) is 25.0 Å². The maximum atomic E-state index is 12.6. The van der Waals surface area contributed by atoms with Gasteiger partial charge in [0.1, 0.15) is 5.75 Å². The molecule has 122 valence electrons.